The molecule has 5 heteroatoms. The number of hydrogen-bond acceptors (Lipinski definition) is 3. The lowest BCUT2D eigenvalue weighted by atomic mass is 10.1. The topological polar surface area (TPSA) is 49.4 Å². The van der Waals surface area contributed by atoms with Crippen molar-refractivity contribution in [2.75, 3.05) is 12.3 Å². The molecule has 2 aromatic carbocycles. The van der Waals surface area contributed by atoms with Crippen molar-refractivity contribution < 1.29 is 9.59 Å². The van der Waals surface area contributed by atoms with E-state index in [-0.39, 0.29) is 11.8 Å². The smallest absolute Gasteiger partial charge is 0.242 e. The molecule has 0 saturated carbocycles. The molecule has 0 fully saturated rings. The fourth-order valence-corrected chi connectivity index (χ4v) is 3.76. The first-order chi connectivity index (χ1) is 13.5. The van der Waals surface area contributed by atoms with Gasteiger partial charge in [-0.1, -0.05) is 67.1 Å². The summed E-state index contributed by atoms with van der Waals surface area (Å²) >= 11 is 1.59. The van der Waals surface area contributed by atoms with Crippen molar-refractivity contribution in [3.8, 4) is 0 Å². The summed E-state index contributed by atoms with van der Waals surface area (Å²) in [6, 6.07) is 17.6. The molecule has 0 heterocycles. The molecule has 28 heavy (non-hydrogen) atoms. The van der Waals surface area contributed by atoms with Crippen molar-refractivity contribution in [2.45, 2.75) is 45.5 Å². The first kappa shape index (κ1) is 22.0. The molecule has 2 amide bonds. The minimum atomic E-state index is -0.501. The third-order valence-corrected chi connectivity index (χ3v) is 5.48. The van der Waals surface area contributed by atoms with Gasteiger partial charge in [0, 0.05) is 18.8 Å². The molecule has 0 aliphatic heterocycles. The van der Waals surface area contributed by atoms with E-state index in [0.717, 1.165) is 17.7 Å². The van der Waals surface area contributed by atoms with Crippen LogP contribution in [-0.2, 0) is 21.9 Å². The number of carbonyl (C=O) groups is 2. The summed E-state index contributed by atoms with van der Waals surface area (Å²) in [7, 11) is 0. The number of nitrogens with zero attached hydrogens (tertiary/aromatic N) is 1. The van der Waals surface area contributed by atoms with Crippen LogP contribution in [0.1, 0.15) is 37.0 Å². The van der Waals surface area contributed by atoms with Crippen LogP contribution in [-0.4, -0.2) is 35.1 Å². The summed E-state index contributed by atoms with van der Waals surface area (Å²) in [4.78, 5) is 27.1. The molecule has 0 aromatic heterocycles. The van der Waals surface area contributed by atoms with Gasteiger partial charge in [0.1, 0.15) is 6.04 Å². The van der Waals surface area contributed by atoms with Gasteiger partial charge in [0.25, 0.3) is 0 Å². The maximum Gasteiger partial charge on any atom is 0.242 e. The van der Waals surface area contributed by atoms with Gasteiger partial charge in [-0.15, -0.1) is 11.8 Å². The number of rotatable bonds is 10. The van der Waals surface area contributed by atoms with E-state index in [1.807, 2.05) is 43.3 Å². The average Bonchev–Trinajstić information content (AvgIpc) is 2.70. The first-order valence-corrected chi connectivity index (χ1v) is 10.9. The highest BCUT2D eigenvalue weighted by atomic mass is 32.2. The van der Waals surface area contributed by atoms with Gasteiger partial charge in [-0.05, 0) is 31.4 Å². The zero-order chi connectivity index (χ0) is 20.4. The van der Waals surface area contributed by atoms with Gasteiger partial charge in [0.05, 0.1) is 5.75 Å². The van der Waals surface area contributed by atoms with Gasteiger partial charge >= 0.3 is 0 Å². The number of hydrogen-bond donors (Lipinski definition) is 1. The molecule has 1 atom stereocenters. The lowest BCUT2D eigenvalue weighted by Crippen LogP contribution is -2.48. The first-order valence-electron chi connectivity index (χ1n) is 9.75. The van der Waals surface area contributed by atoms with Crippen molar-refractivity contribution in [2.24, 2.45) is 0 Å². The minimum absolute atomic E-state index is 0.0133. The lowest BCUT2D eigenvalue weighted by Gasteiger charge is -2.28. The molecule has 0 aliphatic rings. The van der Waals surface area contributed by atoms with Gasteiger partial charge in [-0.2, -0.15) is 0 Å². The highest BCUT2D eigenvalue weighted by Crippen LogP contribution is 2.16. The predicted octanol–water partition coefficient (Wildman–Crippen LogP) is 4.17. The Morgan fingerprint density at radius 1 is 1.07 bits per heavy atom. The number of aryl methyl sites for hydroxylation is 1. The van der Waals surface area contributed by atoms with Crippen LogP contribution in [0, 0.1) is 6.92 Å². The summed E-state index contributed by atoms with van der Waals surface area (Å²) in [5.74, 6) is 1.02. The van der Waals surface area contributed by atoms with Crippen molar-refractivity contribution in [3.63, 3.8) is 0 Å². The molecule has 0 aliphatic carbocycles. The molecule has 2 rings (SSSR count). The molecular formula is C23H30N2O2S. The molecule has 0 spiro atoms. The van der Waals surface area contributed by atoms with Crippen LogP contribution in [0.4, 0.5) is 0 Å². The normalized spacial score (nSPS) is 11.7. The Kier molecular flexibility index (Phi) is 9.08. The maximum atomic E-state index is 12.9. The van der Waals surface area contributed by atoms with Gasteiger partial charge in [0.2, 0.25) is 11.8 Å². The third kappa shape index (κ3) is 7.04. The Morgan fingerprint density at radius 3 is 2.46 bits per heavy atom. The number of benzene rings is 2. The molecule has 150 valence electrons. The van der Waals surface area contributed by atoms with Gasteiger partial charge in [-0.25, -0.2) is 0 Å². The molecule has 4 nitrogen and oxygen atoms in total. The molecule has 0 bridgehead atoms. The van der Waals surface area contributed by atoms with Crippen LogP contribution in [0.15, 0.2) is 54.6 Å². The number of amides is 2. The number of thioether (sulfide) groups is 1. The van der Waals surface area contributed by atoms with E-state index in [1.165, 1.54) is 11.1 Å². The minimum Gasteiger partial charge on any atom is -0.354 e. The molecule has 1 N–H and O–H groups in total. The summed E-state index contributed by atoms with van der Waals surface area (Å²) in [6.45, 7) is 6.94. The quantitative estimate of drug-likeness (QED) is 0.653. The fourth-order valence-electron chi connectivity index (χ4n) is 2.90. The van der Waals surface area contributed by atoms with Crippen LogP contribution in [0.5, 0.6) is 0 Å². The number of nitrogens with one attached hydrogen (secondary N) is 1. The maximum absolute atomic E-state index is 12.9. The van der Waals surface area contributed by atoms with Crippen molar-refractivity contribution in [1.29, 1.82) is 0 Å². The molecule has 0 unspecified atom stereocenters. The van der Waals surface area contributed by atoms with E-state index in [2.05, 4.69) is 30.4 Å². The lowest BCUT2D eigenvalue weighted by molar-refractivity contribution is -0.138. The van der Waals surface area contributed by atoms with Crippen LogP contribution < -0.4 is 5.32 Å². The van der Waals surface area contributed by atoms with Crippen LogP contribution >= 0.6 is 11.8 Å². The van der Waals surface area contributed by atoms with Crippen LogP contribution in [0.2, 0.25) is 0 Å². The van der Waals surface area contributed by atoms with E-state index >= 15 is 0 Å². The summed E-state index contributed by atoms with van der Waals surface area (Å²) in [5, 5.41) is 2.90. The van der Waals surface area contributed by atoms with Crippen LogP contribution in [0.25, 0.3) is 0 Å². The largest absolute Gasteiger partial charge is 0.354 e. The van der Waals surface area contributed by atoms with Gasteiger partial charge < -0.3 is 10.2 Å². The predicted molar refractivity (Wildman–Crippen MR) is 117 cm³/mol. The zero-order valence-electron chi connectivity index (χ0n) is 17.0. The Hall–Kier alpha value is -2.27. The monoisotopic (exact) mass is 398 g/mol. The van der Waals surface area contributed by atoms with E-state index < -0.39 is 6.04 Å². The summed E-state index contributed by atoms with van der Waals surface area (Å²) in [6.07, 6.45) is 0.872. The summed E-state index contributed by atoms with van der Waals surface area (Å²) < 4.78 is 0. The fraction of sp³-hybridized carbons (Fsp3) is 0.391. The SMILES string of the molecule is CCCNC(=O)[C@H](C)N(Cc1ccccc1)C(=O)CSCc1cccc(C)c1. The van der Waals surface area contributed by atoms with Crippen molar-refractivity contribution >= 4 is 23.6 Å². The van der Waals surface area contributed by atoms with E-state index in [1.54, 1.807) is 23.6 Å². The Labute approximate surface area is 172 Å². The van der Waals surface area contributed by atoms with Gasteiger partial charge in [0.15, 0.2) is 0 Å². The second-order valence-electron chi connectivity index (χ2n) is 6.96. The Balaban J connectivity index is 2.01. The number of carbonyl (C=O) groups excluding carboxylic acids is 2. The van der Waals surface area contributed by atoms with Crippen LogP contribution in [0.3, 0.4) is 0 Å². The molecular weight excluding hydrogens is 368 g/mol. The van der Waals surface area contributed by atoms with E-state index in [9.17, 15) is 9.59 Å². The molecule has 0 saturated heterocycles. The third-order valence-electron chi connectivity index (χ3n) is 4.49. The standard InChI is InChI=1S/C23H30N2O2S/c1-4-13-24-23(27)19(3)25(15-20-10-6-5-7-11-20)22(26)17-28-16-21-12-8-9-18(2)14-21/h5-12,14,19H,4,13,15-17H2,1-3H3,(H,24,27)/t19-/m0/s1. The van der Waals surface area contributed by atoms with Gasteiger partial charge in [-0.3, -0.25) is 9.59 Å². The Bertz CT molecular complexity index is 764. The molecule has 0 radical (unpaired) electrons. The second kappa shape index (κ2) is 11.5. The Morgan fingerprint density at radius 2 is 1.79 bits per heavy atom. The van der Waals surface area contributed by atoms with E-state index in [0.29, 0.717) is 18.8 Å². The zero-order valence-corrected chi connectivity index (χ0v) is 17.8. The summed E-state index contributed by atoms with van der Waals surface area (Å²) in [5.41, 5.74) is 3.45. The van der Waals surface area contributed by atoms with E-state index in [4.69, 9.17) is 0 Å². The molecule has 2 aromatic rings. The highest BCUT2D eigenvalue weighted by molar-refractivity contribution is 7.99. The van der Waals surface area contributed by atoms with Crippen molar-refractivity contribution in [1.82, 2.24) is 10.2 Å². The second-order valence-corrected chi connectivity index (χ2v) is 7.94. The average molecular weight is 399 g/mol. The highest BCUT2D eigenvalue weighted by Gasteiger charge is 2.25. The van der Waals surface area contributed by atoms with Crippen molar-refractivity contribution in [3.05, 3.63) is 71.3 Å².